The SMILES string of the molecule is Cc1c(N)cnn1-c1ncccn1.Cl.Cl. The maximum atomic E-state index is 5.64. The van der Waals surface area contributed by atoms with Crippen LogP contribution >= 0.6 is 24.8 Å². The van der Waals surface area contributed by atoms with Crippen LogP contribution in [0.3, 0.4) is 0 Å². The van der Waals surface area contributed by atoms with E-state index in [0.717, 1.165) is 5.69 Å². The molecule has 0 fully saturated rings. The van der Waals surface area contributed by atoms with Crippen molar-refractivity contribution in [3.8, 4) is 5.95 Å². The predicted molar refractivity (Wildman–Crippen MR) is 62.8 cm³/mol. The first-order valence-electron chi connectivity index (χ1n) is 3.86. The van der Waals surface area contributed by atoms with Crippen LogP contribution in [-0.4, -0.2) is 19.7 Å². The van der Waals surface area contributed by atoms with Gasteiger partial charge in [-0.2, -0.15) is 5.10 Å². The summed E-state index contributed by atoms with van der Waals surface area (Å²) in [6.07, 6.45) is 4.92. The molecule has 0 saturated heterocycles. The van der Waals surface area contributed by atoms with Crippen LogP contribution in [0.15, 0.2) is 24.7 Å². The van der Waals surface area contributed by atoms with Crippen LogP contribution in [0.5, 0.6) is 0 Å². The average Bonchev–Trinajstić information content (AvgIpc) is 2.49. The molecule has 0 aliphatic heterocycles. The van der Waals surface area contributed by atoms with Crippen LogP contribution in [0, 0.1) is 6.92 Å². The second-order valence-corrected chi connectivity index (χ2v) is 2.65. The molecule has 2 aromatic rings. The summed E-state index contributed by atoms with van der Waals surface area (Å²) >= 11 is 0. The summed E-state index contributed by atoms with van der Waals surface area (Å²) in [4.78, 5) is 8.11. The summed E-state index contributed by atoms with van der Waals surface area (Å²) in [5.41, 5.74) is 7.14. The van der Waals surface area contributed by atoms with Crippen molar-refractivity contribution in [2.45, 2.75) is 6.92 Å². The maximum Gasteiger partial charge on any atom is 0.250 e. The van der Waals surface area contributed by atoms with Gasteiger partial charge in [-0.05, 0) is 13.0 Å². The number of hydrogen-bond donors (Lipinski definition) is 1. The fraction of sp³-hybridized carbons (Fsp3) is 0.125. The molecule has 2 aromatic heterocycles. The van der Waals surface area contributed by atoms with Crippen molar-refractivity contribution in [1.82, 2.24) is 19.7 Å². The molecule has 0 aliphatic carbocycles. The van der Waals surface area contributed by atoms with E-state index in [0.29, 0.717) is 11.6 Å². The largest absolute Gasteiger partial charge is 0.396 e. The average molecular weight is 248 g/mol. The fourth-order valence-corrected chi connectivity index (χ4v) is 1.02. The Kier molecular flexibility index (Phi) is 5.04. The van der Waals surface area contributed by atoms with Gasteiger partial charge < -0.3 is 5.73 Å². The van der Waals surface area contributed by atoms with Gasteiger partial charge in [-0.15, -0.1) is 24.8 Å². The number of anilines is 1. The lowest BCUT2D eigenvalue weighted by molar-refractivity contribution is 0.783. The molecule has 0 radical (unpaired) electrons. The summed E-state index contributed by atoms with van der Waals surface area (Å²) in [6, 6.07) is 1.76. The number of nitrogens with two attached hydrogens (primary N) is 1. The molecule has 0 unspecified atom stereocenters. The number of aromatic nitrogens is 4. The van der Waals surface area contributed by atoms with Crippen LogP contribution < -0.4 is 5.73 Å². The molecule has 0 saturated carbocycles. The Balaban J connectivity index is 0.000000980. The van der Waals surface area contributed by atoms with E-state index in [2.05, 4.69) is 15.1 Å². The van der Waals surface area contributed by atoms with Crippen molar-refractivity contribution in [1.29, 1.82) is 0 Å². The summed E-state index contributed by atoms with van der Waals surface area (Å²) in [5, 5.41) is 4.05. The Labute approximate surface area is 99.5 Å². The van der Waals surface area contributed by atoms with Gasteiger partial charge in [0.05, 0.1) is 17.6 Å². The highest BCUT2D eigenvalue weighted by Crippen LogP contribution is 2.10. The summed E-state index contributed by atoms with van der Waals surface area (Å²) in [6.45, 7) is 1.87. The highest BCUT2D eigenvalue weighted by molar-refractivity contribution is 5.85. The summed E-state index contributed by atoms with van der Waals surface area (Å²) in [5.74, 6) is 0.539. The van der Waals surface area contributed by atoms with Gasteiger partial charge in [-0.3, -0.25) is 0 Å². The molecule has 0 bridgehead atoms. The van der Waals surface area contributed by atoms with Crippen molar-refractivity contribution in [3.63, 3.8) is 0 Å². The van der Waals surface area contributed by atoms with Crippen LogP contribution in [0.2, 0.25) is 0 Å². The molecule has 2 heterocycles. The number of nitrogens with zero attached hydrogens (tertiary/aromatic N) is 4. The highest BCUT2D eigenvalue weighted by atomic mass is 35.5. The van der Waals surface area contributed by atoms with Crippen LogP contribution in [-0.2, 0) is 0 Å². The predicted octanol–water partition coefficient (Wildman–Crippen LogP) is 1.40. The van der Waals surface area contributed by atoms with Crippen molar-refractivity contribution < 1.29 is 0 Å². The quantitative estimate of drug-likeness (QED) is 0.828. The number of nitrogen functional groups attached to an aromatic ring is 1. The first kappa shape index (κ1) is 13.7. The molecule has 2 rings (SSSR count). The topological polar surface area (TPSA) is 69.6 Å². The van der Waals surface area contributed by atoms with Gasteiger partial charge >= 0.3 is 0 Å². The zero-order valence-corrected chi connectivity index (χ0v) is 9.63. The minimum Gasteiger partial charge on any atom is -0.396 e. The zero-order chi connectivity index (χ0) is 9.26. The monoisotopic (exact) mass is 247 g/mol. The van der Waals surface area contributed by atoms with E-state index < -0.39 is 0 Å². The van der Waals surface area contributed by atoms with E-state index in [-0.39, 0.29) is 24.8 Å². The minimum absolute atomic E-state index is 0. The highest BCUT2D eigenvalue weighted by Gasteiger charge is 2.05. The van der Waals surface area contributed by atoms with Gasteiger partial charge in [0.25, 0.3) is 5.95 Å². The summed E-state index contributed by atoms with van der Waals surface area (Å²) < 4.78 is 1.61. The van der Waals surface area contributed by atoms with Crippen LogP contribution in [0.1, 0.15) is 5.69 Å². The molecule has 0 aromatic carbocycles. The van der Waals surface area contributed by atoms with E-state index in [1.165, 1.54) is 0 Å². The molecular formula is C8H11Cl2N5. The van der Waals surface area contributed by atoms with E-state index >= 15 is 0 Å². The number of rotatable bonds is 1. The zero-order valence-electron chi connectivity index (χ0n) is 7.99. The second kappa shape index (κ2) is 5.53. The molecule has 15 heavy (non-hydrogen) atoms. The van der Waals surface area contributed by atoms with E-state index in [1.54, 1.807) is 29.3 Å². The second-order valence-electron chi connectivity index (χ2n) is 2.65. The van der Waals surface area contributed by atoms with Crippen LogP contribution in [0.4, 0.5) is 5.69 Å². The third kappa shape index (κ3) is 2.57. The Morgan fingerprint density at radius 3 is 2.27 bits per heavy atom. The molecule has 82 valence electrons. The third-order valence-corrected chi connectivity index (χ3v) is 1.79. The lowest BCUT2D eigenvalue weighted by Crippen LogP contribution is -2.03. The van der Waals surface area contributed by atoms with Gasteiger partial charge in [0.2, 0.25) is 0 Å². The minimum atomic E-state index is 0. The van der Waals surface area contributed by atoms with Crippen molar-refractivity contribution in [2.75, 3.05) is 5.73 Å². The van der Waals surface area contributed by atoms with Crippen molar-refractivity contribution >= 4 is 30.5 Å². The van der Waals surface area contributed by atoms with E-state index in [9.17, 15) is 0 Å². The fourth-order valence-electron chi connectivity index (χ4n) is 1.02. The molecule has 0 spiro atoms. The van der Waals surface area contributed by atoms with Gasteiger partial charge in [0.1, 0.15) is 0 Å². The van der Waals surface area contributed by atoms with Gasteiger partial charge in [-0.25, -0.2) is 14.6 Å². The Morgan fingerprint density at radius 1 is 1.20 bits per heavy atom. The first-order valence-corrected chi connectivity index (χ1v) is 3.86. The summed E-state index contributed by atoms with van der Waals surface area (Å²) in [7, 11) is 0. The van der Waals surface area contributed by atoms with Crippen molar-refractivity contribution in [3.05, 3.63) is 30.4 Å². The van der Waals surface area contributed by atoms with Gasteiger partial charge in [0.15, 0.2) is 0 Å². The van der Waals surface area contributed by atoms with Crippen LogP contribution in [0.25, 0.3) is 5.95 Å². The number of hydrogen-bond acceptors (Lipinski definition) is 4. The lowest BCUT2D eigenvalue weighted by atomic mass is 10.4. The Bertz CT molecular complexity index is 414. The molecule has 5 nitrogen and oxygen atoms in total. The van der Waals surface area contributed by atoms with E-state index in [1.807, 2.05) is 6.92 Å². The third-order valence-electron chi connectivity index (χ3n) is 1.79. The van der Waals surface area contributed by atoms with Gasteiger partial charge in [-0.1, -0.05) is 0 Å². The molecular weight excluding hydrogens is 237 g/mol. The lowest BCUT2D eigenvalue weighted by Gasteiger charge is -2.00. The molecule has 7 heteroatoms. The maximum absolute atomic E-state index is 5.64. The molecule has 0 aliphatic rings. The molecule has 2 N–H and O–H groups in total. The molecule has 0 amide bonds. The first-order chi connectivity index (χ1) is 6.29. The number of halogens is 2. The smallest absolute Gasteiger partial charge is 0.250 e. The normalized spacial score (nSPS) is 8.87. The standard InChI is InChI=1S/C8H9N5.2ClH/c1-6-7(9)5-12-13(6)8-10-3-2-4-11-8;;/h2-5H,9H2,1H3;2*1H. The Morgan fingerprint density at radius 2 is 1.80 bits per heavy atom. The van der Waals surface area contributed by atoms with Gasteiger partial charge in [0, 0.05) is 12.4 Å². The Hall–Kier alpha value is -1.33. The van der Waals surface area contributed by atoms with E-state index in [4.69, 9.17) is 5.73 Å². The van der Waals surface area contributed by atoms with Crippen molar-refractivity contribution in [2.24, 2.45) is 0 Å². The molecule has 0 atom stereocenters.